The number of benzene rings is 1. The summed E-state index contributed by atoms with van der Waals surface area (Å²) in [4.78, 5) is 0. The van der Waals surface area contributed by atoms with Crippen LogP contribution in [-0.2, 0) is 13.5 Å². The third-order valence-corrected chi connectivity index (χ3v) is 3.72. The van der Waals surface area contributed by atoms with Gasteiger partial charge in [0.15, 0.2) is 0 Å². The van der Waals surface area contributed by atoms with Crippen LogP contribution in [-0.4, -0.2) is 9.78 Å². The summed E-state index contributed by atoms with van der Waals surface area (Å²) in [5, 5.41) is 5.04. The van der Waals surface area contributed by atoms with Crippen LogP contribution in [0.5, 0.6) is 0 Å². The van der Waals surface area contributed by atoms with E-state index in [0.717, 1.165) is 26.4 Å². The average Bonchev–Trinajstić information content (AvgIpc) is 2.62. The number of nitrogens with two attached hydrogens (primary N) is 1. The van der Waals surface area contributed by atoms with Gasteiger partial charge < -0.3 is 5.73 Å². The molecule has 0 amide bonds. The largest absolute Gasteiger partial charge is 0.322 e. The van der Waals surface area contributed by atoms with Gasteiger partial charge in [-0.2, -0.15) is 5.10 Å². The average molecular weight is 329 g/mol. The quantitative estimate of drug-likeness (QED) is 0.938. The van der Waals surface area contributed by atoms with Crippen molar-refractivity contribution < 1.29 is 0 Å². The zero-order chi connectivity index (χ0) is 13.3. The van der Waals surface area contributed by atoms with E-state index < -0.39 is 0 Å². The molecule has 0 radical (unpaired) electrons. The van der Waals surface area contributed by atoms with Crippen molar-refractivity contribution in [3.63, 3.8) is 0 Å². The molecule has 0 aliphatic carbocycles. The van der Waals surface area contributed by atoms with Crippen LogP contribution in [0.3, 0.4) is 0 Å². The molecule has 0 spiro atoms. The van der Waals surface area contributed by atoms with E-state index in [2.05, 4.69) is 21.0 Å². The molecule has 0 aliphatic heterocycles. The van der Waals surface area contributed by atoms with Gasteiger partial charge in [0.05, 0.1) is 17.4 Å². The van der Waals surface area contributed by atoms with Crippen LogP contribution in [0.1, 0.15) is 23.0 Å². The Kier molecular flexibility index (Phi) is 4.10. The lowest BCUT2D eigenvalue weighted by molar-refractivity contribution is 0.615. The van der Waals surface area contributed by atoms with Crippen molar-refractivity contribution in [2.45, 2.75) is 19.4 Å². The van der Waals surface area contributed by atoms with Crippen molar-refractivity contribution in [3.8, 4) is 0 Å². The molecule has 1 aromatic carbocycles. The van der Waals surface area contributed by atoms with Gasteiger partial charge in [-0.15, -0.1) is 0 Å². The Hall–Kier alpha value is -0.840. The Morgan fingerprint density at radius 2 is 2.17 bits per heavy atom. The second-order valence-electron chi connectivity index (χ2n) is 4.38. The predicted octanol–water partition coefficient (Wildman–Crippen LogP) is 3.39. The first-order valence-corrected chi connectivity index (χ1v) is 6.84. The van der Waals surface area contributed by atoms with Crippen molar-refractivity contribution >= 4 is 27.5 Å². The van der Waals surface area contributed by atoms with E-state index in [1.807, 2.05) is 42.9 Å². The number of aryl methyl sites for hydroxylation is 2. The maximum absolute atomic E-state index is 6.22. The summed E-state index contributed by atoms with van der Waals surface area (Å²) in [5.41, 5.74) is 9.26. The summed E-state index contributed by atoms with van der Waals surface area (Å²) in [5.74, 6) is 0. The van der Waals surface area contributed by atoms with Gasteiger partial charge in [-0.25, -0.2) is 0 Å². The Morgan fingerprint density at radius 3 is 2.72 bits per heavy atom. The molecule has 1 aromatic heterocycles. The summed E-state index contributed by atoms with van der Waals surface area (Å²) in [6.07, 6.45) is 0.699. The summed E-state index contributed by atoms with van der Waals surface area (Å²) >= 11 is 9.59. The van der Waals surface area contributed by atoms with Gasteiger partial charge in [-0.3, -0.25) is 4.68 Å². The smallest absolute Gasteiger partial charge is 0.0597 e. The van der Waals surface area contributed by atoms with Gasteiger partial charge >= 0.3 is 0 Å². The van der Waals surface area contributed by atoms with Crippen LogP contribution < -0.4 is 5.73 Å². The molecule has 18 heavy (non-hydrogen) atoms. The fraction of sp³-hybridized carbons (Fsp3) is 0.308. The third kappa shape index (κ3) is 2.94. The second-order valence-corrected chi connectivity index (χ2v) is 5.70. The molecule has 5 heteroatoms. The summed E-state index contributed by atoms with van der Waals surface area (Å²) < 4.78 is 2.80. The van der Waals surface area contributed by atoms with Crippen molar-refractivity contribution in [2.24, 2.45) is 12.8 Å². The molecule has 0 saturated heterocycles. The van der Waals surface area contributed by atoms with Gasteiger partial charge in [-0.05, 0) is 37.1 Å². The van der Waals surface area contributed by atoms with Crippen molar-refractivity contribution in [1.29, 1.82) is 0 Å². The first-order chi connectivity index (χ1) is 8.47. The van der Waals surface area contributed by atoms with E-state index in [4.69, 9.17) is 17.3 Å². The third-order valence-electron chi connectivity index (χ3n) is 2.87. The van der Waals surface area contributed by atoms with Crippen molar-refractivity contribution in [2.75, 3.05) is 0 Å². The molecule has 2 rings (SSSR count). The van der Waals surface area contributed by atoms with Crippen LogP contribution in [0, 0.1) is 6.92 Å². The number of aromatic nitrogens is 2. The summed E-state index contributed by atoms with van der Waals surface area (Å²) in [6, 6.07) is 7.77. The highest BCUT2D eigenvalue weighted by Crippen LogP contribution is 2.25. The number of hydrogen-bond acceptors (Lipinski definition) is 2. The van der Waals surface area contributed by atoms with Crippen molar-refractivity contribution in [3.05, 3.63) is 50.7 Å². The van der Waals surface area contributed by atoms with E-state index >= 15 is 0 Å². The Morgan fingerprint density at radius 1 is 1.44 bits per heavy atom. The van der Waals surface area contributed by atoms with E-state index in [1.165, 1.54) is 0 Å². The highest BCUT2D eigenvalue weighted by Gasteiger charge is 2.14. The molecule has 0 bridgehead atoms. The molecule has 1 atom stereocenters. The monoisotopic (exact) mass is 327 g/mol. The summed E-state index contributed by atoms with van der Waals surface area (Å²) in [6.45, 7) is 1.96. The minimum absolute atomic E-state index is 0.102. The molecule has 0 fully saturated rings. The zero-order valence-electron chi connectivity index (χ0n) is 10.3. The van der Waals surface area contributed by atoms with Crippen LogP contribution in [0.15, 0.2) is 28.7 Å². The van der Waals surface area contributed by atoms with Crippen molar-refractivity contribution in [1.82, 2.24) is 9.78 Å². The number of halogens is 2. The fourth-order valence-corrected chi connectivity index (χ4v) is 2.76. The van der Waals surface area contributed by atoms with Crippen LogP contribution >= 0.6 is 27.5 Å². The lowest BCUT2D eigenvalue weighted by Gasteiger charge is -2.13. The minimum Gasteiger partial charge on any atom is -0.322 e. The van der Waals surface area contributed by atoms with Crippen LogP contribution in [0.4, 0.5) is 0 Å². The first kappa shape index (κ1) is 13.6. The maximum Gasteiger partial charge on any atom is 0.0597 e. The second kappa shape index (κ2) is 5.43. The standard InChI is InChI=1S/C13H15BrClN3/c1-8-5-13(18(2)17-8)12(16)6-9-3-4-10(14)7-11(9)15/h3-5,7,12H,6,16H2,1-2H3. The Labute approximate surface area is 120 Å². The van der Waals surface area contributed by atoms with Gasteiger partial charge in [0, 0.05) is 16.5 Å². The fourth-order valence-electron chi connectivity index (χ4n) is 2.01. The summed E-state index contributed by atoms with van der Waals surface area (Å²) in [7, 11) is 1.91. The number of rotatable bonds is 3. The molecule has 3 nitrogen and oxygen atoms in total. The van der Waals surface area contributed by atoms with E-state index in [9.17, 15) is 0 Å². The van der Waals surface area contributed by atoms with Gasteiger partial charge in [-0.1, -0.05) is 33.6 Å². The molecule has 0 saturated carbocycles. The maximum atomic E-state index is 6.22. The Bertz CT molecular complexity index is 565. The van der Waals surface area contributed by atoms with Gasteiger partial charge in [0.25, 0.3) is 0 Å². The molecule has 2 aromatic rings. The molecule has 96 valence electrons. The highest BCUT2D eigenvalue weighted by molar-refractivity contribution is 9.10. The predicted molar refractivity (Wildman–Crippen MR) is 77.7 cm³/mol. The van der Waals surface area contributed by atoms with Crippen LogP contribution in [0.25, 0.3) is 0 Å². The van der Waals surface area contributed by atoms with E-state index in [0.29, 0.717) is 6.42 Å². The SMILES string of the molecule is Cc1cc(C(N)Cc2ccc(Br)cc2Cl)n(C)n1. The first-order valence-electron chi connectivity index (χ1n) is 5.67. The molecule has 1 heterocycles. The topological polar surface area (TPSA) is 43.8 Å². The molecule has 2 N–H and O–H groups in total. The highest BCUT2D eigenvalue weighted by atomic mass is 79.9. The van der Waals surface area contributed by atoms with E-state index in [-0.39, 0.29) is 6.04 Å². The number of nitrogens with zero attached hydrogens (tertiary/aromatic N) is 2. The minimum atomic E-state index is -0.102. The zero-order valence-corrected chi connectivity index (χ0v) is 12.7. The molecular weight excluding hydrogens is 314 g/mol. The Balaban J connectivity index is 2.21. The van der Waals surface area contributed by atoms with E-state index in [1.54, 1.807) is 0 Å². The van der Waals surface area contributed by atoms with Gasteiger partial charge in [0.1, 0.15) is 0 Å². The lowest BCUT2D eigenvalue weighted by Crippen LogP contribution is -2.17. The van der Waals surface area contributed by atoms with Crippen LogP contribution in [0.2, 0.25) is 5.02 Å². The number of hydrogen-bond donors (Lipinski definition) is 1. The lowest BCUT2D eigenvalue weighted by atomic mass is 10.0. The molecule has 0 aliphatic rings. The normalized spacial score (nSPS) is 12.7. The molecule has 1 unspecified atom stereocenters. The van der Waals surface area contributed by atoms with Gasteiger partial charge in [0.2, 0.25) is 0 Å². The molecular formula is C13H15BrClN3.